The SMILES string of the molecule is CCCCCCCCCCCCCCCCC(C)C(CCCC)C(=O)O. The number of unbranched alkanes of at least 4 members (excludes halogenated alkanes) is 14. The smallest absolute Gasteiger partial charge is 0.306 e. The Balaban J connectivity index is 3.40. The summed E-state index contributed by atoms with van der Waals surface area (Å²) in [6, 6.07) is 0. The standard InChI is InChI=1S/C24H48O2/c1-4-6-8-9-10-11-12-13-14-15-16-17-18-19-20-22(3)23(24(25)26)21-7-5-2/h22-23H,4-21H2,1-3H3,(H,25,26). The van der Waals surface area contributed by atoms with E-state index in [0.717, 1.165) is 25.7 Å². The van der Waals surface area contributed by atoms with E-state index >= 15 is 0 Å². The Kier molecular flexibility index (Phi) is 18.8. The number of rotatable bonds is 20. The highest BCUT2D eigenvalue weighted by atomic mass is 16.4. The maximum Gasteiger partial charge on any atom is 0.306 e. The predicted octanol–water partition coefficient (Wildman–Crippen LogP) is 8.38. The first kappa shape index (κ1) is 25.5. The van der Waals surface area contributed by atoms with Gasteiger partial charge >= 0.3 is 5.97 Å². The fourth-order valence-electron chi connectivity index (χ4n) is 3.94. The molecule has 26 heavy (non-hydrogen) atoms. The maximum atomic E-state index is 11.4. The average Bonchev–Trinajstić information content (AvgIpc) is 2.62. The first-order valence-corrected chi connectivity index (χ1v) is 11.9. The zero-order chi connectivity index (χ0) is 19.5. The van der Waals surface area contributed by atoms with E-state index in [1.807, 2.05) is 0 Å². The van der Waals surface area contributed by atoms with E-state index in [0.29, 0.717) is 5.92 Å². The molecule has 0 aliphatic heterocycles. The summed E-state index contributed by atoms with van der Waals surface area (Å²) < 4.78 is 0. The molecular weight excluding hydrogens is 320 g/mol. The van der Waals surface area contributed by atoms with Crippen LogP contribution in [0.5, 0.6) is 0 Å². The van der Waals surface area contributed by atoms with E-state index in [1.165, 1.54) is 89.9 Å². The topological polar surface area (TPSA) is 37.3 Å². The molecule has 0 radical (unpaired) electrons. The summed E-state index contributed by atoms with van der Waals surface area (Å²) >= 11 is 0. The molecule has 0 spiro atoms. The average molecular weight is 369 g/mol. The predicted molar refractivity (Wildman–Crippen MR) is 115 cm³/mol. The van der Waals surface area contributed by atoms with Crippen LogP contribution in [0.25, 0.3) is 0 Å². The van der Waals surface area contributed by atoms with E-state index < -0.39 is 5.97 Å². The molecule has 0 aliphatic carbocycles. The Labute approximate surface area is 164 Å². The lowest BCUT2D eigenvalue weighted by Crippen LogP contribution is -2.21. The Bertz CT molecular complexity index is 301. The lowest BCUT2D eigenvalue weighted by atomic mass is 9.85. The number of carboxylic acids is 1. The van der Waals surface area contributed by atoms with Gasteiger partial charge in [-0.15, -0.1) is 0 Å². The van der Waals surface area contributed by atoms with Crippen molar-refractivity contribution < 1.29 is 9.90 Å². The van der Waals surface area contributed by atoms with Gasteiger partial charge in [0.15, 0.2) is 0 Å². The van der Waals surface area contributed by atoms with Crippen molar-refractivity contribution in [3.05, 3.63) is 0 Å². The third-order valence-corrected chi connectivity index (χ3v) is 5.89. The monoisotopic (exact) mass is 368 g/mol. The highest BCUT2D eigenvalue weighted by molar-refractivity contribution is 5.70. The highest BCUT2D eigenvalue weighted by Crippen LogP contribution is 2.24. The normalized spacial score (nSPS) is 13.7. The molecule has 0 saturated carbocycles. The van der Waals surface area contributed by atoms with Gasteiger partial charge in [-0.1, -0.05) is 124 Å². The molecule has 0 saturated heterocycles. The number of hydrogen-bond donors (Lipinski definition) is 1. The van der Waals surface area contributed by atoms with E-state index in [-0.39, 0.29) is 5.92 Å². The van der Waals surface area contributed by atoms with Crippen molar-refractivity contribution in [3.8, 4) is 0 Å². The molecule has 0 aromatic carbocycles. The van der Waals surface area contributed by atoms with Crippen LogP contribution in [-0.4, -0.2) is 11.1 Å². The van der Waals surface area contributed by atoms with Crippen LogP contribution in [0.4, 0.5) is 0 Å². The van der Waals surface area contributed by atoms with E-state index in [1.54, 1.807) is 0 Å². The van der Waals surface area contributed by atoms with Crippen molar-refractivity contribution in [2.45, 2.75) is 136 Å². The third-order valence-electron chi connectivity index (χ3n) is 5.89. The molecule has 0 fully saturated rings. The zero-order valence-electron chi connectivity index (χ0n) is 18.2. The van der Waals surface area contributed by atoms with Gasteiger partial charge in [0.2, 0.25) is 0 Å². The van der Waals surface area contributed by atoms with E-state index in [2.05, 4.69) is 20.8 Å². The summed E-state index contributed by atoms with van der Waals surface area (Å²) in [5.74, 6) is -0.385. The van der Waals surface area contributed by atoms with Gasteiger partial charge in [-0.05, 0) is 18.8 Å². The molecule has 2 nitrogen and oxygen atoms in total. The van der Waals surface area contributed by atoms with Crippen LogP contribution in [0.15, 0.2) is 0 Å². The van der Waals surface area contributed by atoms with Gasteiger partial charge in [-0.2, -0.15) is 0 Å². The van der Waals surface area contributed by atoms with Crippen LogP contribution >= 0.6 is 0 Å². The van der Waals surface area contributed by atoms with Gasteiger partial charge in [0.1, 0.15) is 0 Å². The lowest BCUT2D eigenvalue weighted by molar-refractivity contribution is -0.143. The molecule has 156 valence electrons. The quantitative estimate of drug-likeness (QED) is 0.219. The Morgan fingerprint density at radius 3 is 1.38 bits per heavy atom. The van der Waals surface area contributed by atoms with Gasteiger partial charge in [0.05, 0.1) is 5.92 Å². The van der Waals surface area contributed by atoms with Crippen molar-refractivity contribution in [2.24, 2.45) is 11.8 Å². The van der Waals surface area contributed by atoms with Gasteiger partial charge in [-0.3, -0.25) is 4.79 Å². The summed E-state index contributed by atoms with van der Waals surface area (Å²) in [6.45, 7) is 6.55. The fourth-order valence-corrected chi connectivity index (χ4v) is 3.94. The second kappa shape index (κ2) is 19.2. The largest absolute Gasteiger partial charge is 0.481 e. The molecule has 2 atom stereocenters. The zero-order valence-corrected chi connectivity index (χ0v) is 18.2. The van der Waals surface area contributed by atoms with E-state index in [4.69, 9.17) is 0 Å². The highest BCUT2D eigenvalue weighted by Gasteiger charge is 2.23. The Morgan fingerprint density at radius 1 is 0.615 bits per heavy atom. The fraction of sp³-hybridized carbons (Fsp3) is 0.958. The van der Waals surface area contributed by atoms with Crippen molar-refractivity contribution >= 4 is 5.97 Å². The molecular formula is C24H48O2. The van der Waals surface area contributed by atoms with Gasteiger partial charge in [0.25, 0.3) is 0 Å². The van der Waals surface area contributed by atoms with Crippen LogP contribution in [0.1, 0.15) is 136 Å². The summed E-state index contributed by atoms with van der Waals surface area (Å²) in [5, 5.41) is 9.39. The molecule has 0 aromatic heterocycles. The van der Waals surface area contributed by atoms with Crippen molar-refractivity contribution in [1.29, 1.82) is 0 Å². The molecule has 0 bridgehead atoms. The molecule has 0 amide bonds. The molecule has 2 heteroatoms. The number of carbonyl (C=O) groups is 1. The number of aliphatic carboxylic acids is 1. The second-order valence-electron chi connectivity index (χ2n) is 8.45. The lowest BCUT2D eigenvalue weighted by Gasteiger charge is -2.19. The second-order valence-corrected chi connectivity index (χ2v) is 8.45. The van der Waals surface area contributed by atoms with Crippen molar-refractivity contribution in [3.63, 3.8) is 0 Å². The third kappa shape index (κ3) is 15.7. The Morgan fingerprint density at radius 2 is 1.00 bits per heavy atom. The van der Waals surface area contributed by atoms with Crippen LogP contribution < -0.4 is 0 Å². The van der Waals surface area contributed by atoms with Crippen LogP contribution in [-0.2, 0) is 4.79 Å². The maximum absolute atomic E-state index is 11.4. The minimum atomic E-state index is -0.587. The molecule has 0 rings (SSSR count). The number of carboxylic acid groups (broad SMARTS) is 1. The molecule has 0 aromatic rings. The molecule has 0 heterocycles. The summed E-state index contributed by atoms with van der Waals surface area (Å²) in [6.07, 6.45) is 23.4. The molecule has 0 aliphatic rings. The van der Waals surface area contributed by atoms with Crippen molar-refractivity contribution in [1.82, 2.24) is 0 Å². The summed E-state index contributed by atoms with van der Waals surface area (Å²) in [7, 11) is 0. The first-order chi connectivity index (χ1) is 12.6. The van der Waals surface area contributed by atoms with Crippen LogP contribution in [0, 0.1) is 11.8 Å². The van der Waals surface area contributed by atoms with E-state index in [9.17, 15) is 9.90 Å². The minimum Gasteiger partial charge on any atom is -0.481 e. The Hall–Kier alpha value is -0.530. The van der Waals surface area contributed by atoms with Gasteiger partial charge < -0.3 is 5.11 Å². The molecule has 2 unspecified atom stereocenters. The summed E-state index contributed by atoms with van der Waals surface area (Å²) in [5.41, 5.74) is 0. The number of hydrogen-bond acceptors (Lipinski definition) is 1. The summed E-state index contributed by atoms with van der Waals surface area (Å²) in [4.78, 5) is 11.4. The first-order valence-electron chi connectivity index (χ1n) is 11.9. The van der Waals surface area contributed by atoms with Crippen molar-refractivity contribution in [2.75, 3.05) is 0 Å². The van der Waals surface area contributed by atoms with Crippen LogP contribution in [0.2, 0.25) is 0 Å². The minimum absolute atomic E-state index is 0.128. The van der Waals surface area contributed by atoms with Gasteiger partial charge in [-0.25, -0.2) is 0 Å². The molecule has 1 N–H and O–H groups in total. The van der Waals surface area contributed by atoms with Crippen LogP contribution in [0.3, 0.4) is 0 Å². The van der Waals surface area contributed by atoms with Gasteiger partial charge in [0, 0.05) is 0 Å².